The van der Waals surface area contributed by atoms with E-state index in [9.17, 15) is 19.2 Å². The van der Waals surface area contributed by atoms with E-state index in [2.05, 4.69) is 13.0 Å². The minimum Gasteiger partial charge on any atom is -0.462 e. The van der Waals surface area contributed by atoms with E-state index in [1.54, 1.807) is 6.08 Å². The van der Waals surface area contributed by atoms with Crippen LogP contribution in [0.4, 0.5) is 0 Å². The van der Waals surface area contributed by atoms with Crippen molar-refractivity contribution in [3.63, 3.8) is 0 Å². The van der Waals surface area contributed by atoms with Gasteiger partial charge in [-0.3, -0.25) is 14.4 Å². The maximum atomic E-state index is 12.5. The molecule has 0 aromatic heterocycles. The number of allylic oxidation sites excluding steroid dienone is 2. The summed E-state index contributed by atoms with van der Waals surface area (Å²) in [5.74, 6) is -0.978. The number of esters is 2. The van der Waals surface area contributed by atoms with Gasteiger partial charge in [-0.1, -0.05) is 25.2 Å². The number of carbonyl (C=O) groups excluding carboxylic acids is 4. The van der Waals surface area contributed by atoms with Gasteiger partial charge < -0.3 is 9.47 Å². The predicted octanol–water partition coefficient (Wildman–Crippen LogP) is 2.17. The molecule has 0 N–H and O–H groups in total. The standard InChI is InChI=1S/C21H24O6/c1-10-5-17-15(20(10)26-11(2)22)4-3-12-6-13(23)7-14-8-19(24)18(9-16(12)17)21(25)27-14/h3-4,9-10,12,14-17,20H,5-8H2,1-2H3/b18-9-/t10-,12+,14?,15-,16-,17-,20-/m1/s1. The lowest BCUT2D eigenvalue weighted by molar-refractivity contribution is -0.152. The third-order valence-electron chi connectivity index (χ3n) is 6.43. The smallest absolute Gasteiger partial charge is 0.341 e. The van der Waals surface area contributed by atoms with Crippen molar-refractivity contribution in [2.24, 2.45) is 29.6 Å². The molecule has 5 rings (SSSR count). The summed E-state index contributed by atoms with van der Waals surface area (Å²) in [5, 5.41) is 0. The maximum Gasteiger partial charge on any atom is 0.341 e. The van der Waals surface area contributed by atoms with Gasteiger partial charge in [0.2, 0.25) is 0 Å². The van der Waals surface area contributed by atoms with E-state index in [0.717, 1.165) is 6.42 Å². The highest BCUT2D eigenvalue weighted by atomic mass is 16.5. The van der Waals surface area contributed by atoms with Gasteiger partial charge in [0.25, 0.3) is 0 Å². The number of rotatable bonds is 1. The van der Waals surface area contributed by atoms with Crippen molar-refractivity contribution in [1.29, 1.82) is 0 Å². The van der Waals surface area contributed by atoms with E-state index < -0.39 is 12.1 Å². The minimum atomic E-state index is -0.633. The third-order valence-corrected chi connectivity index (χ3v) is 6.43. The molecule has 27 heavy (non-hydrogen) atoms. The highest BCUT2D eigenvalue weighted by Crippen LogP contribution is 2.50. The lowest BCUT2D eigenvalue weighted by atomic mass is 9.68. The molecule has 144 valence electrons. The topological polar surface area (TPSA) is 86.7 Å². The van der Waals surface area contributed by atoms with Crippen molar-refractivity contribution in [1.82, 2.24) is 0 Å². The largest absolute Gasteiger partial charge is 0.462 e. The fourth-order valence-electron chi connectivity index (χ4n) is 5.32. The number of ether oxygens (including phenoxy) is 2. The van der Waals surface area contributed by atoms with Crippen LogP contribution in [0.3, 0.4) is 0 Å². The van der Waals surface area contributed by atoms with Gasteiger partial charge in [0.15, 0.2) is 5.78 Å². The molecule has 6 nitrogen and oxygen atoms in total. The molecule has 2 fully saturated rings. The van der Waals surface area contributed by atoms with E-state index in [0.29, 0.717) is 6.42 Å². The molecule has 1 saturated heterocycles. The fourth-order valence-corrected chi connectivity index (χ4v) is 5.32. The van der Waals surface area contributed by atoms with Crippen LogP contribution in [-0.4, -0.2) is 35.7 Å². The Morgan fingerprint density at radius 3 is 2.59 bits per heavy atom. The monoisotopic (exact) mass is 372 g/mol. The zero-order valence-corrected chi connectivity index (χ0v) is 15.6. The Hall–Kier alpha value is -2.24. The molecular weight excluding hydrogens is 348 g/mol. The van der Waals surface area contributed by atoms with Crippen molar-refractivity contribution in [3.05, 3.63) is 23.8 Å². The zero-order chi connectivity index (χ0) is 19.3. The maximum absolute atomic E-state index is 12.5. The first-order valence-electron chi connectivity index (χ1n) is 9.66. The van der Waals surface area contributed by atoms with Crippen LogP contribution in [0.2, 0.25) is 0 Å². The molecule has 1 saturated carbocycles. The molecule has 2 bridgehead atoms. The third kappa shape index (κ3) is 3.26. The number of Topliss-reactive ketones (excluding diaryl/α,β-unsaturated/α-hetero) is 2. The molecule has 1 unspecified atom stereocenters. The molecule has 0 radical (unpaired) electrons. The molecule has 5 aliphatic rings. The summed E-state index contributed by atoms with van der Waals surface area (Å²) < 4.78 is 10.9. The number of ketones is 2. The van der Waals surface area contributed by atoms with Gasteiger partial charge in [0.1, 0.15) is 18.0 Å². The van der Waals surface area contributed by atoms with Gasteiger partial charge in [0.05, 0.1) is 5.57 Å². The Balaban J connectivity index is 1.73. The molecular formula is C21H24O6. The number of hydrogen-bond acceptors (Lipinski definition) is 6. The van der Waals surface area contributed by atoms with E-state index >= 15 is 0 Å². The van der Waals surface area contributed by atoms with Crippen LogP contribution in [0, 0.1) is 29.6 Å². The number of fused-ring (bicyclic) bond motifs is 5. The van der Waals surface area contributed by atoms with Gasteiger partial charge in [-0.25, -0.2) is 4.79 Å². The normalized spacial score (nSPS) is 42.7. The summed E-state index contributed by atoms with van der Waals surface area (Å²) >= 11 is 0. The molecule has 6 heteroatoms. The molecule has 0 aromatic rings. The first-order chi connectivity index (χ1) is 12.8. The summed E-state index contributed by atoms with van der Waals surface area (Å²) in [6.45, 7) is 3.46. The summed E-state index contributed by atoms with van der Waals surface area (Å²) in [5.41, 5.74) is 0.119. The van der Waals surface area contributed by atoms with Crippen molar-refractivity contribution >= 4 is 23.5 Å². The Morgan fingerprint density at radius 1 is 1.11 bits per heavy atom. The number of hydrogen-bond donors (Lipinski definition) is 0. The lowest BCUT2D eigenvalue weighted by Crippen LogP contribution is -2.39. The van der Waals surface area contributed by atoms with Crippen LogP contribution in [0.25, 0.3) is 0 Å². The van der Waals surface area contributed by atoms with E-state index in [4.69, 9.17) is 9.47 Å². The van der Waals surface area contributed by atoms with Crippen LogP contribution in [0.1, 0.15) is 39.5 Å². The van der Waals surface area contributed by atoms with Crippen LogP contribution >= 0.6 is 0 Å². The Kier molecular flexibility index (Phi) is 4.52. The van der Waals surface area contributed by atoms with Crippen molar-refractivity contribution in [2.75, 3.05) is 0 Å². The van der Waals surface area contributed by atoms with Crippen LogP contribution < -0.4 is 0 Å². The fraction of sp³-hybridized carbons (Fsp3) is 0.619. The average molecular weight is 372 g/mol. The minimum absolute atomic E-state index is 0.0139. The van der Waals surface area contributed by atoms with Crippen LogP contribution in [0.15, 0.2) is 23.8 Å². The molecule has 3 aliphatic carbocycles. The molecule has 0 amide bonds. The second kappa shape index (κ2) is 6.73. The highest BCUT2D eigenvalue weighted by Gasteiger charge is 2.49. The van der Waals surface area contributed by atoms with Crippen molar-refractivity contribution < 1.29 is 28.7 Å². The molecule has 0 spiro atoms. The summed E-state index contributed by atoms with van der Waals surface area (Å²) in [6.07, 6.45) is 6.35. The van der Waals surface area contributed by atoms with Gasteiger partial charge >= 0.3 is 11.9 Å². The molecule has 2 heterocycles. The first kappa shape index (κ1) is 18.1. The van der Waals surface area contributed by atoms with E-state index in [1.165, 1.54) is 6.92 Å². The van der Waals surface area contributed by atoms with Crippen molar-refractivity contribution in [2.45, 2.75) is 51.7 Å². The Morgan fingerprint density at radius 2 is 1.89 bits per heavy atom. The molecule has 7 atom stereocenters. The summed E-state index contributed by atoms with van der Waals surface area (Å²) in [4.78, 5) is 48.8. The average Bonchev–Trinajstić information content (AvgIpc) is 2.87. The summed E-state index contributed by atoms with van der Waals surface area (Å²) in [7, 11) is 0. The molecule has 2 aliphatic heterocycles. The SMILES string of the molecule is CC(=O)O[C@H]1[C@@H]2C=C[C@H]3CC(=O)CC4CC(=O)/C(=C/[C@H]3[C@@H]2C[C@H]1C)C(=O)O4. The summed E-state index contributed by atoms with van der Waals surface area (Å²) in [6, 6.07) is 0. The van der Waals surface area contributed by atoms with Crippen LogP contribution in [-0.2, 0) is 28.7 Å². The quantitative estimate of drug-likeness (QED) is 0.398. The van der Waals surface area contributed by atoms with Gasteiger partial charge in [-0.2, -0.15) is 0 Å². The zero-order valence-electron chi connectivity index (χ0n) is 15.6. The highest BCUT2D eigenvalue weighted by molar-refractivity contribution is 6.19. The van der Waals surface area contributed by atoms with Gasteiger partial charge in [-0.05, 0) is 30.1 Å². The van der Waals surface area contributed by atoms with Crippen LogP contribution in [0.5, 0.6) is 0 Å². The molecule has 0 aromatic carbocycles. The second-order valence-corrected chi connectivity index (χ2v) is 8.34. The Bertz CT molecular complexity index is 743. The van der Waals surface area contributed by atoms with Gasteiger partial charge in [-0.15, -0.1) is 0 Å². The van der Waals surface area contributed by atoms with E-state index in [1.807, 2.05) is 6.08 Å². The van der Waals surface area contributed by atoms with Gasteiger partial charge in [0, 0.05) is 32.1 Å². The van der Waals surface area contributed by atoms with Crippen molar-refractivity contribution in [3.8, 4) is 0 Å². The van der Waals surface area contributed by atoms with E-state index in [-0.39, 0.29) is 71.6 Å². The lowest BCUT2D eigenvalue weighted by Gasteiger charge is -2.37. The predicted molar refractivity (Wildman–Crippen MR) is 94.3 cm³/mol. The Labute approximate surface area is 158 Å². The number of carbonyl (C=O) groups is 4. The second-order valence-electron chi connectivity index (χ2n) is 8.34. The first-order valence-corrected chi connectivity index (χ1v) is 9.66.